The number of benzene rings is 2. The molecule has 11 heteroatoms. The van der Waals surface area contributed by atoms with Crippen molar-refractivity contribution in [2.45, 2.75) is 18.6 Å². The van der Waals surface area contributed by atoms with Crippen molar-refractivity contribution >= 4 is 28.6 Å². The van der Waals surface area contributed by atoms with Gasteiger partial charge in [-0.1, -0.05) is 24.3 Å². The lowest BCUT2D eigenvalue weighted by atomic mass is 10.0. The van der Waals surface area contributed by atoms with Crippen LogP contribution >= 0.6 is 0 Å². The number of carbonyl (C=O) groups is 1. The molecule has 0 aliphatic carbocycles. The van der Waals surface area contributed by atoms with Crippen LogP contribution in [0.5, 0.6) is 5.75 Å². The number of hydrogen-bond donors (Lipinski definition) is 0. The molecule has 0 saturated carbocycles. The third-order valence-corrected chi connectivity index (χ3v) is 4.50. The molecule has 156 valence electrons. The molecule has 0 atom stereocenters. The van der Waals surface area contributed by atoms with Crippen LogP contribution < -0.4 is 4.18 Å². The normalized spacial score (nSPS) is 12.9. The smallest absolute Gasteiger partial charge is 0.375 e. The van der Waals surface area contributed by atoms with Crippen LogP contribution in [0, 0.1) is 6.92 Å². The molecule has 0 aliphatic heterocycles. The van der Waals surface area contributed by atoms with Gasteiger partial charge in [-0.2, -0.15) is 34.8 Å². The van der Waals surface area contributed by atoms with E-state index in [-0.39, 0.29) is 17.4 Å². The lowest BCUT2D eigenvalue weighted by molar-refractivity contribution is -0.137. The molecule has 0 bridgehead atoms. The first-order chi connectivity index (χ1) is 13.2. The Balaban J connectivity index is 2.34. The maximum absolute atomic E-state index is 12.9. The molecule has 0 aliphatic rings. The molecule has 0 saturated heterocycles. The molecule has 29 heavy (non-hydrogen) atoms. The second-order valence-electron chi connectivity index (χ2n) is 5.86. The van der Waals surface area contributed by atoms with Crippen molar-refractivity contribution in [1.82, 2.24) is 0 Å². The van der Waals surface area contributed by atoms with Crippen LogP contribution in [-0.2, 0) is 16.3 Å². The number of alkyl halides is 6. The molecule has 0 unspecified atom stereocenters. The maximum Gasteiger partial charge on any atom is 0.534 e. The first kappa shape index (κ1) is 22.5. The minimum absolute atomic E-state index is 0.0903. The minimum Gasteiger partial charge on any atom is -0.375 e. The highest BCUT2D eigenvalue weighted by molar-refractivity contribution is 7.88. The fourth-order valence-electron chi connectivity index (χ4n) is 2.27. The van der Waals surface area contributed by atoms with Gasteiger partial charge in [0.1, 0.15) is 0 Å². The fraction of sp³-hybridized carbons (Fsp3) is 0.167. The van der Waals surface area contributed by atoms with E-state index in [1.807, 2.05) is 0 Å². The SMILES string of the molecule is Cc1cc(/C=C/c2ccc(OS(=O)(=O)C(F)(F)F)c(C=O)c2)cc(C(F)(F)F)c1. The summed E-state index contributed by atoms with van der Waals surface area (Å²) < 4.78 is 102. The summed E-state index contributed by atoms with van der Waals surface area (Å²) in [6.45, 7) is 1.48. The molecule has 4 nitrogen and oxygen atoms in total. The van der Waals surface area contributed by atoms with Crippen molar-refractivity contribution in [2.75, 3.05) is 0 Å². The summed E-state index contributed by atoms with van der Waals surface area (Å²) in [5.74, 6) is -0.829. The van der Waals surface area contributed by atoms with Gasteiger partial charge >= 0.3 is 21.8 Å². The van der Waals surface area contributed by atoms with Crippen LogP contribution in [0.1, 0.15) is 32.6 Å². The van der Waals surface area contributed by atoms with E-state index in [1.54, 1.807) is 0 Å². The predicted octanol–water partition coefficient (Wildman–Crippen LogP) is 5.23. The minimum atomic E-state index is -5.96. The molecule has 0 aromatic heterocycles. The molecule has 2 rings (SSSR count). The van der Waals surface area contributed by atoms with Gasteiger partial charge in [0.15, 0.2) is 12.0 Å². The van der Waals surface area contributed by atoms with Gasteiger partial charge < -0.3 is 4.18 Å². The van der Waals surface area contributed by atoms with Crippen LogP contribution in [0.25, 0.3) is 12.2 Å². The summed E-state index contributed by atoms with van der Waals surface area (Å²) in [5.41, 5.74) is -6.24. The number of aldehydes is 1. The van der Waals surface area contributed by atoms with E-state index in [2.05, 4.69) is 4.18 Å². The van der Waals surface area contributed by atoms with Gasteiger partial charge in [-0.15, -0.1) is 0 Å². The Bertz CT molecular complexity index is 1050. The summed E-state index contributed by atoms with van der Waals surface area (Å²) >= 11 is 0. The van der Waals surface area contributed by atoms with E-state index in [0.29, 0.717) is 5.56 Å². The van der Waals surface area contributed by atoms with E-state index in [0.717, 1.165) is 30.3 Å². The Kier molecular flexibility index (Phi) is 6.12. The Labute approximate surface area is 161 Å². The van der Waals surface area contributed by atoms with Gasteiger partial charge in [-0.05, 0) is 47.9 Å². The van der Waals surface area contributed by atoms with Gasteiger partial charge in [0.05, 0.1) is 11.1 Å². The summed E-state index contributed by atoms with van der Waals surface area (Å²) in [6, 6.07) is 6.35. The quantitative estimate of drug-likeness (QED) is 0.211. The molecule has 0 radical (unpaired) electrons. The van der Waals surface area contributed by atoms with Crippen molar-refractivity contribution in [1.29, 1.82) is 0 Å². The van der Waals surface area contributed by atoms with Crippen LogP contribution in [-0.4, -0.2) is 20.2 Å². The Hall–Kier alpha value is -2.82. The zero-order valence-electron chi connectivity index (χ0n) is 14.5. The second kappa shape index (κ2) is 7.90. The first-order valence-corrected chi connectivity index (χ1v) is 9.11. The molecule has 0 N–H and O–H groups in total. The van der Waals surface area contributed by atoms with Crippen LogP contribution in [0.4, 0.5) is 26.3 Å². The van der Waals surface area contributed by atoms with Gasteiger partial charge in [0.25, 0.3) is 0 Å². The van der Waals surface area contributed by atoms with Crippen molar-refractivity contribution in [3.63, 3.8) is 0 Å². The molecule has 0 spiro atoms. The molecule has 2 aromatic carbocycles. The summed E-state index contributed by atoms with van der Waals surface area (Å²) in [4.78, 5) is 11.1. The highest BCUT2D eigenvalue weighted by Crippen LogP contribution is 2.32. The molecule has 0 fully saturated rings. The average Bonchev–Trinajstić information content (AvgIpc) is 2.58. The van der Waals surface area contributed by atoms with Crippen molar-refractivity contribution < 1.29 is 43.7 Å². The summed E-state index contributed by atoms with van der Waals surface area (Å²) in [6.07, 6.45) is -1.83. The molecular formula is C18H12F6O4S. The molecular weight excluding hydrogens is 426 g/mol. The van der Waals surface area contributed by atoms with Crippen LogP contribution in [0.15, 0.2) is 36.4 Å². The third kappa shape index (κ3) is 5.59. The zero-order chi connectivity index (χ0) is 22.0. The molecule has 2 aromatic rings. The topological polar surface area (TPSA) is 60.4 Å². The predicted molar refractivity (Wildman–Crippen MR) is 92.5 cm³/mol. The van der Waals surface area contributed by atoms with Crippen molar-refractivity contribution in [2.24, 2.45) is 0 Å². The van der Waals surface area contributed by atoms with E-state index in [1.165, 1.54) is 25.1 Å². The summed E-state index contributed by atoms with van der Waals surface area (Å²) in [5, 5.41) is 0. The standard InChI is InChI=1S/C18H12F6O4S/c1-11-6-13(9-15(7-11)17(19,20)21)3-2-12-4-5-16(14(8-12)10-25)28-29(26,27)18(22,23)24/h2-10H,1H3/b3-2+. The van der Waals surface area contributed by atoms with Crippen molar-refractivity contribution in [3.05, 3.63) is 64.2 Å². The number of carbonyl (C=O) groups excluding carboxylic acids is 1. The van der Waals surface area contributed by atoms with Crippen LogP contribution in [0.2, 0.25) is 0 Å². The highest BCUT2D eigenvalue weighted by atomic mass is 32.2. The number of rotatable bonds is 5. The van der Waals surface area contributed by atoms with Gasteiger partial charge in [0, 0.05) is 0 Å². The van der Waals surface area contributed by atoms with Gasteiger partial charge in [-0.3, -0.25) is 4.79 Å². The molecule has 0 amide bonds. The number of aryl methyl sites for hydroxylation is 1. The first-order valence-electron chi connectivity index (χ1n) is 7.70. The average molecular weight is 438 g/mol. The Morgan fingerprint density at radius 1 is 0.897 bits per heavy atom. The van der Waals surface area contributed by atoms with E-state index in [9.17, 15) is 39.6 Å². The lowest BCUT2D eigenvalue weighted by Gasteiger charge is -2.11. The van der Waals surface area contributed by atoms with Crippen molar-refractivity contribution in [3.8, 4) is 5.75 Å². The van der Waals surface area contributed by atoms with Gasteiger partial charge in [0.2, 0.25) is 0 Å². The fourth-order valence-corrected chi connectivity index (χ4v) is 2.75. The number of halogens is 6. The molecule has 0 heterocycles. The monoisotopic (exact) mass is 438 g/mol. The lowest BCUT2D eigenvalue weighted by Crippen LogP contribution is -2.28. The second-order valence-corrected chi connectivity index (χ2v) is 7.40. The Morgan fingerprint density at radius 2 is 1.52 bits per heavy atom. The number of hydrogen-bond acceptors (Lipinski definition) is 4. The van der Waals surface area contributed by atoms with E-state index >= 15 is 0 Å². The third-order valence-electron chi connectivity index (χ3n) is 3.54. The summed E-state index contributed by atoms with van der Waals surface area (Å²) in [7, 11) is -5.96. The Morgan fingerprint density at radius 3 is 2.07 bits per heavy atom. The van der Waals surface area contributed by atoms with E-state index < -0.39 is 38.7 Å². The van der Waals surface area contributed by atoms with Crippen LogP contribution in [0.3, 0.4) is 0 Å². The largest absolute Gasteiger partial charge is 0.534 e. The highest BCUT2D eigenvalue weighted by Gasteiger charge is 2.48. The van der Waals surface area contributed by atoms with E-state index in [4.69, 9.17) is 0 Å². The zero-order valence-corrected chi connectivity index (χ0v) is 15.3. The maximum atomic E-state index is 12.9. The van der Waals surface area contributed by atoms with Gasteiger partial charge in [-0.25, -0.2) is 0 Å².